The van der Waals surface area contributed by atoms with E-state index in [1.165, 1.54) is 0 Å². The summed E-state index contributed by atoms with van der Waals surface area (Å²) in [6, 6.07) is 0. The molecule has 74 valence electrons. The molecule has 13 heavy (non-hydrogen) atoms. The van der Waals surface area contributed by atoms with Gasteiger partial charge in [0.15, 0.2) is 0 Å². The zero-order chi connectivity index (χ0) is 9.52. The molecular formula is C9H18N4. The van der Waals surface area contributed by atoms with Crippen molar-refractivity contribution in [2.45, 2.75) is 33.2 Å². The number of nitrogens with zero attached hydrogens (tertiary/aromatic N) is 3. The van der Waals surface area contributed by atoms with E-state index in [4.69, 9.17) is 0 Å². The van der Waals surface area contributed by atoms with Crippen LogP contribution in [0.2, 0.25) is 0 Å². The third kappa shape index (κ3) is 3.14. The molecule has 0 fully saturated rings. The van der Waals surface area contributed by atoms with Gasteiger partial charge in [-0.25, -0.2) is 0 Å². The van der Waals surface area contributed by atoms with Crippen molar-refractivity contribution in [1.82, 2.24) is 20.1 Å². The standard InChI is InChI=1S/C9H18N4/c1-3-7-13-8-11-12-9(13)5-6-10-4-2/h8,10H,3-7H2,1-2H3. The van der Waals surface area contributed by atoms with Crippen LogP contribution in [0.5, 0.6) is 0 Å². The second-order valence-electron chi connectivity index (χ2n) is 3.04. The van der Waals surface area contributed by atoms with E-state index in [9.17, 15) is 0 Å². The highest BCUT2D eigenvalue weighted by molar-refractivity contribution is 4.86. The second kappa shape index (κ2) is 5.70. The SMILES string of the molecule is CCCn1cnnc1CCNCC. The summed E-state index contributed by atoms with van der Waals surface area (Å²) in [4.78, 5) is 0. The zero-order valence-electron chi connectivity index (χ0n) is 8.45. The first-order chi connectivity index (χ1) is 6.38. The van der Waals surface area contributed by atoms with Crippen LogP contribution in [0.15, 0.2) is 6.33 Å². The number of nitrogens with one attached hydrogen (secondary N) is 1. The first kappa shape index (κ1) is 10.2. The lowest BCUT2D eigenvalue weighted by Crippen LogP contribution is -2.18. The van der Waals surface area contributed by atoms with E-state index in [0.717, 1.165) is 38.3 Å². The van der Waals surface area contributed by atoms with Gasteiger partial charge < -0.3 is 9.88 Å². The van der Waals surface area contributed by atoms with E-state index in [2.05, 4.69) is 33.9 Å². The van der Waals surface area contributed by atoms with Gasteiger partial charge in [0, 0.05) is 19.5 Å². The third-order valence-corrected chi connectivity index (χ3v) is 1.94. The molecule has 0 aliphatic carbocycles. The molecule has 4 nitrogen and oxygen atoms in total. The van der Waals surface area contributed by atoms with Crippen LogP contribution >= 0.6 is 0 Å². The Kier molecular flexibility index (Phi) is 4.46. The Morgan fingerprint density at radius 3 is 3.00 bits per heavy atom. The van der Waals surface area contributed by atoms with Crippen molar-refractivity contribution in [1.29, 1.82) is 0 Å². The minimum atomic E-state index is 0.966. The first-order valence-electron chi connectivity index (χ1n) is 4.95. The van der Waals surface area contributed by atoms with Crippen molar-refractivity contribution in [3.05, 3.63) is 12.2 Å². The first-order valence-corrected chi connectivity index (χ1v) is 4.95. The molecule has 0 radical (unpaired) electrons. The number of aryl methyl sites for hydroxylation is 1. The van der Waals surface area contributed by atoms with E-state index < -0.39 is 0 Å². The van der Waals surface area contributed by atoms with Crippen LogP contribution in [0.3, 0.4) is 0 Å². The Morgan fingerprint density at radius 2 is 2.31 bits per heavy atom. The van der Waals surface area contributed by atoms with Crippen molar-refractivity contribution in [2.24, 2.45) is 0 Å². The monoisotopic (exact) mass is 182 g/mol. The van der Waals surface area contributed by atoms with Crippen LogP contribution < -0.4 is 5.32 Å². The van der Waals surface area contributed by atoms with Gasteiger partial charge >= 0.3 is 0 Å². The number of hydrogen-bond acceptors (Lipinski definition) is 3. The fourth-order valence-corrected chi connectivity index (χ4v) is 1.28. The molecule has 0 atom stereocenters. The molecular weight excluding hydrogens is 164 g/mol. The van der Waals surface area contributed by atoms with E-state index >= 15 is 0 Å². The molecule has 0 amide bonds. The molecule has 0 saturated heterocycles. The normalized spacial score (nSPS) is 10.6. The Morgan fingerprint density at radius 1 is 1.46 bits per heavy atom. The smallest absolute Gasteiger partial charge is 0.134 e. The Balaban J connectivity index is 2.40. The molecule has 0 unspecified atom stereocenters. The summed E-state index contributed by atoms with van der Waals surface area (Å²) < 4.78 is 2.12. The predicted molar refractivity (Wildman–Crippen MR) is 52.6 cm³/mol. The summed E-state index contributed by atoms with van der Waals surface area (Å²) in [5.74, 6) is 1.09. The molecule has 0 saturated carbocycles. The molecule has 1 heterocycles. The molecule has 0 aromatic carbocycles. The lowest BCUT2D eigenvalue weighted by atomic mass is 10.3. The summed E-state index contributed by atoms with van der Waals surface area (Å²) in [5.41, 5.74) is 0. The minimum Gasteiger partial charge on any atom is -0.318 e. The van der Waals surface area contributed by atoms with Gasteiger partial charge in [-0.05, 0) is 13.0 Å². The lowest BCUT2D eigenvalue weighted by Gasteiger charge is -2.04. The van der Waals surface area contributed by atoms with Crippen molar-refractivity contribution < 1.29 is 0 Å². The Bertz CT molecular complexity index is 231. The zero-order valence-corrected chi connectivity index (χ0v) is 8.45. The maximum Gasteiger partial charge on any atom is 0.134 e. The molecule has 1 aromatic heterocycles. The maximum absolute atomic E-state index is 4.08. The number of hydrogen-bond donors (Lipinski definition) is 1. The van der Waals surface area contributed by atoms with E-state index in [1.807, 2.05) is 6.33 Å². The van der Waals surface area contributed by atoms with Gasteiger partial charge in [-0.1, -0.05) is 13.8 Å². The number of aromatic nitrogens is 3. The summed E-state index contributed by atoms with van der Waals surface area (Å²) in [6.07, 6.45) is 3.91. The number of likely N-dealkylation sites (N-methyl/N-ethyl adjacent to an activating group) is 1. The average Bonchev–Trinajstić information content (AvgIpc) is 2.54. The van der Waals surface area contributed by atoms with Gasteiger partial charge in [0.05, 0.1) is 0 Å². The third-order valence-electron chi connectivity index (χ3n) is 1.94. The van der Waals surface area contributed by atoms with Crippen LogP contribution in [0, 0.1) is 0 Å². The fourth-order valence-electron chi connectivity index (χ4n) is 1.28. The van der Waals surface area contributed by atoms with Gasteiger partial charge in [0.25, 0.3) is 0 Å². The Hall–Kier alpha value is -0.900. The van der Waals surface area contributed by atoms with Crippen LogP contribution in [-0.2, 0) is 13.0 Å². The molecule has 4 heteroatoms. The van der Waals surface area contributed by atoms with Crippen molar-refractivity contribution in [3.63, 3.8) is 0 Å². The largest absolute Gasteiger partial charge is 0.318 e. The van der Waals surface area contributed by atoms with E-state index in [1.54, 1.807) is 0 Å². The Labute approximate surface area is 79.4 Å². The maximum atomic E-state index is 4.08. The topological polar surface area (TPSA) is 42.7 Å². The van der Waals surface area contributed by atoms with Gasteiger partial charge in [-0.2, -0.15) is 0 Å². The van der Waals surface area contributed by atoms with Crippen molar-refractivity contribution >= 4 is 0 Å². The fraction of sp³-hybridized carbons (Fsp3) is 0.778. The molecule has 0 aliphatic rings. The molecule has 0 aliphatic heterocycles. The molecule has 0 bridgehead atoms. The summed E-state index contributed by atoms with van der Waals surface area (Å²) in [6.45, 7) is 7.29. The average molecular weight is 182 g/mol. The molecule has 1 aromatic rings. The summed E-state index contributed by atoms with van der Waals surface area (Å²) in [7, 11) is 0. The van der Waals surface area contributed by atoms with Gasteiger partial charge in [-0.3, -0.25) is 0 Å². The van der Waals surface area contributed by atoms with Crippen molar-refractivity contribution in [3.8, 4) is 0 Å². The van der Waals surface area contributed by atoms with Crippen LogP contribution in [0.1, 0.15) is 26.1 Å². The lowest BCUT2D eigenvalue weighted by molar-refractivity contribution is 0.614. The van der Waals surface area contributed by atoms with Crippen LogP contribution in [-0.4, -0.2) is 27.9 Å². The number of rotatable bonds is 6. The van der Waals surface area contributed by atoms with Crippen LogP contribution in [0.25, 0.3) is 0 Å². The van der Waals surface area contributed by atoms with Gasteiger partial charge in [0.1, 0.15) is 12.2 Å². The molecule has 0 spiro atoms. The van der Waals surface area contributed by atoms with Gasteiger partial charge in [-0.15, -0.1) is 10.2 Å². The van der Waals surface area contributed by atoms with E-state index in [-0.39, 0.29) is 0 Å². The highest BCUT2D eigenvalue weighted by atomic mass is 15.3. The minimum absolute atomic E-state index is 0.966. The molecule has 1 rings (SSSR count). The predicted octanol–water partition coefficient (Wildman–Crippen LogP) is 0.840. The highest BCUT2D eigenvalue weighted by Crippen LogP contribution is 1.97. The summed E-state index contributed by atoms with van der Waals surface area (Å²) >= 11 is 0. The van der Waals surface area contributed by atoms with E-state index in [0.29, 0.717) is 0 Å². The van der Waals surface area contributed by atoms with Gasteiger partial charge in [0.2, 0.25) is 0 Å². The highest BCUT2D eigenvalue weighted by Gasteiger charge is 2.01. The second-order valence-corrected chi connectivity index (χ2v) is 3.04. The summed E-state index contributed by atoms with van der Waals surface area (Å²) in [5, 5.41) is 11.3. The molecule has 1 N–H and O–H groups in total. The van der Waals surface area contributed by atoms with Crippen molar-refractivity contribution in [2.75, 3.05) is 13.1 Å². The van der Waals surface area contributed by atoms with Crippen LogP contribution in [0.4, 0.5) is 0 Å². The quantitative estimate of drug-likeness (QED) is 0.663.